The van der Waals surface area contributed by atoms with Gasteiger partial charge in [-0.3, -0.25) is 14.4 Å². The Kier molecular flexibility index (Phi) is 3.35. The summed E-state index contributed by atoms with van der Waals surface area (Å²) in [6.07, 6.45) is 0.767. The highest BCUT2D eigenvalue weighted by molar-refractivity contribution is 6.09. The normalized spacial score (nSPS) is 32.0. The molecule has 2 fully saturated rings. The Morgan fingerprint density at radius 2 is 1.76 bits per heavy atom. The van der Waals surface area contributed by atoms with Crippen molar-refractivity contribution in [3.63, 3.8) is 0 Å². The van der Waals surface area contributed by atoms with Crippen LogP contribution in [-0.2, 0) is 14.4 Å². The van der Waals surface area contributed by atoms with Gasteiger partial charge in [-0.15, -0.1) is 0 Å². The van der Waals surface area contributed by atoms with Gasteiger partial charge in [-0.1, -0.05) is 34.6 Å². The molecule has 1 saturated heterocycles. The predicted octanol–water partition coefficient (Wildman–Crippen LogP) is 0.764. The second kappa shape index (κ2) is 4.45. The maximum atomic E-state index is 12.7. The van der Waals surface area contributed by atoms with E-state index in [2.05, 4.69) is 10.6 Å². The standard InChI is InChI=1S/C15H24N2O4/c1-8-6-7-16-10(18)9(8)17-11(19)15(12(20)21)13(2,3)14(15,4)5/h8-9H,6-7H2,1-5H3,(H,16,18)(H,17,19)(H,20,21). The zero-order chi connectivity index (χ0) is 16.2. The van der Waals surface area contributed by atoms with E-state index in [-0.39, 0.29) is 11.8 Å². The Morgan fingerprint density at radius 3 is 2.14 bits per heavy atom. The Hall–Kier alpha value is -1.59. The smallest absolute Gasteiger partial charge is 0.320 e. The molecule has 2 rings (SSSR count). The first-order valence-corrected chi connectivity index (χ1v) is 7.34. The summed E-state index contributed by atoms with van der Waals surface area (Å²) in [5.41, 5.74) is -2.81. The van der Waals surface area contributed by atoms with E-state index in [0.29, 0.717) is 6.54 Å². The zero-order valence-electron chi connectivity index (χ0n) is 13.2. The fourth-order valence-electron chi connectivity index (χ4n) is 3.93. The van der Waals surface area contributed by atoms with Gasteiger partial charge in [0.15, 0.2) is 5.41 Å². The van der Waals surface area contributed by atoms with Crippen LogP contribution in [0.4, 0.5) is 0 Å². The maximum absolute atomic E-state index is 12.7. The molecule has 2 amide bonds. The van der Waals surface area contributed by atoms with Gasteiger partial charge in [0.2, 0.25) is 11.8 Å². The molecule has 0 radical (unpaired) electrons. The third-order valence-electron chi connectivity index (χ3n) is 6.07. The molecule has 2 atom stereocenters. The van der Waals surface area contributed by atoms with Crippen molar-refractivity contribution < 1.29 is 19.5 Å². The molecular formula is C15H24N2O4. The molecule has 0 aromatic rings. The number of aliphatic carboxylic acids is 1. The number of amides is 2. The highest BCUT2D eigenvalue weighted by Crippen LogP contribution is 2.77. The van der Waals surface area contributed by atoms with E-state index < -0.39 is 34.2 Å². The van der Waals surface area contributed by atoms with Gasteiger partial charge in [0.05, 0.1) is 0 Å². The zero-order valence-corrected chi connectivity index (χ0v) is 13.2. The van der Waals surface area contributed by atoms with Crippen LogP contribution < -0.4 is 10.6 Å². The minimum absolute atomic E-state index is 0.00137. The van der Waals surface area contributed by atoms with Crippen molar-refractivity contribution in [1.82, 2.24) is 10.6 Å². The van der Waals surface area contributed by atoms with Gasteiger partial charge in [0.1, 0.15) is 6.04 Å². The SMILES string of the molecule is CC1CCNC(=O)C1NC(=O)C1(C(=O)O)C(C)(C)C1(C)C. The van der Waals surface area contributed by atoms with E-state index in [4.69, 9.17) is 0 Å². The summed E-state index contributed by atoms with van der Waals surface area (Å²) in [5, 5.41) is 15.0. The molecule has 2 aliphatic rings. The molecular weight excluding hydrogens is 272 g/mol. The number of carboxylic acid groups (broad SMARTS) is 1. The third-order valence-corrected chi connectivity index (χ3v) is 6.07. The number of piperidine rings is 1. The van der Waals surface area contributed by atoms with Gasteiger partial charge in [-0.05, 0) is 23.2 Å². The summed E-state index contributed by atoms with van der Waals surface area (Å²) in [4.78, 5) is 36.4. The molecule has 1 saturated carbocycles. The quantitative estimate of drug-likeness (QED) is 0.670. The van der Waals surface area contributed by atoms with Gasteiger partial charge in [0.25, 0.3) is 0 Å². The summed E-state index contributed by atoms with van der Waals surface area (Å²) in [5.74, 6) is -1.92. The molecule has 6 nitrogen and oxygen atoms in total. The van der Waals surface area contributed by atoms with Crippen molar-refractivity contribution in [2.75, 3.05) is 6.54 Å². The molecule has 1 aliphatic carbocycles. The minimum Gasteiger partial charge on any atom is -0.480 e. The van der Waals surface area contributed by atoms with Crippen LogP contribution in [0.2, 0.25) is 0 Å². The van der Waals surface area contributed by atoms with Crippen LogP contribution in [0.1, 0.15) is 41.0 Å². The largest absolute Gasteiger partial charge is 0.480 e. The van der Waals surface area contributed by atoms with Crippen LogP contribution >= 0.6 is 0 Å². The molecule has 6 heteroatoms. The molecule has 1 aliphatic heterocycles. The van der Waals surface area contributed by atoms with Gasteiger partial charge < -0.3 is 15.7 Å². The molecule has 0 aromatic carbocycles. The average Bonchev–Trinajstić information content (AvgIpc) is 2.71. The summed E-state index contributed by atoms with van der Waals surface area (Å²) in [6.45, 7) is 9.61. The fraction of sp³-hybridized carbons (Fsp3) is 0.800. The van der Waals surface area contributed by atoms with Crippen molar-refractivity contribution in [2.24, 2.45) is 22.2 Å². The number of carbonyl (C=O) groups excluding carboxylic acids is 2. The van der Waals surface area contributed by atoms with Crippen molar-refractivity contribution in [2.45, 2.75) is 47.1 Å². The van der Waals surface area contributed by atoms with E-state index in [9.17, 15) is 19.5 Å². The summed E-state index contributed by atoms with van der Waals surface area (Å²) < 4.78 is 0. The van der Waals surface area contributed by atoms with Crippen LogP contribution in [0.3, 0.4) is 0 Å². The Labute approximate surface area is 124 Å². The van der Waals surface area contributed by atoms with E-state index in [1.807, 2.05) is 6.92 Å². The lowest BCUT2D eigenvalue weighted by molar-refractivity contribution is -0.153. The van der Waals surface area contributed by atoms with Crippen molar-refractivity contribution in [3.8, 4) is 0 Å². The van der Waals surface area contributed by atoms with Gasteiger partial charge >= 0.3 is 5.97 Å². The number of hydrogen-bond donors (Lipinski definition) is 3. The van der Waals surface area contributed by atoms with E-state index in [1.165, 1.54) is 0 Å². The van der Waals surface area contributed by atoms with E-state index in [0.717, 1.165) is 6.42 Å². The Morgan fingerprint density at radius 1 is 1.24 bits per heavy atom. The van der Waals surface area contributed by atoms with E-state index in [1.54, 1.807) is 27.7 Å². The van der Waals surface area contributed by atoms with Crippen molar-refractivity contribution >= 4 is 17.8 Å². The summed E-state index contributed by atoms with van der Waals surface area (Å²) in [6, 6.07) is -0.658. The molecule has 2 unspecified atom stereocenters. The summed E-state index contributed by atoms with van der Waals surface area (Å²) >= 11 is 0. The number of rotatable bonds is 3. The summed E-state index contributed by atoms with van der Waals surface area (Å²) in [7, 11) is 0. The third kappa shape index (κ3) is 1.74. The van der Waals surface area contributed by atoms with Gasteiger partial charge in [-0.25, -0.2) is 0 Å². The second-order valence-corrected chi connectivity index (χ2v) is 7.31. The van der Waals surface area contributed by atoms with Crippen LogP contribution in [0, 0.1) is 22.2 Å². The number of nitrogens with one attached hydrogen (secondary N) is 2. The Bertz CT molecular complexity index is 496. The average molecular weight is 296 g/mol. The first-order chi connectivity index (χ1) is 9.51. The monoisotopic (exact) mass is 296 g/mol. The van der Waals surface area contributed by atoms with Gasteiger partial charge in [0, 0.05) is 6.54 Å². The van der Waals surface area contributed by atoms with Gasteiger partial charge in [-0.2, -0.15) is 0 Å². The molecule has 0 aromatic heterocycles. The van der Waals surface area contributed by atoms with Crippen molar-refractivity contribution in [1.29, 1.82) is 0 Å². The molecule has 0 bridgehead atoms. The number of hydrogen-bond acceptors (Lipinski definition) is 3. The molecule has 21 heavy (non-hydrogen) atoms. The predicted molar refractivity (Wildman–Crippen MR) is 76.4 cm³/mol. The maximum Gasteiger partial charge on any atom is 0.320 e. The van der Waals surface area contributed by atoms with Crippen LogP contribution in [-0.4, -0.2) is 35.5 Å². The first kappa shape index (κ1) is 15.8. The molecule has 1 heterocycles. The highest BCUT2D eigenvalue weighted by Gasteiger charge is 2.85. The minimum atomic E-state index is -1.49. The topological polar surface area (TPSA) is 95.5 Å². The lowest BCUT2D eigenvalue weighted by Crippen LogP contribution is -2.57. The Balaban J connectivity index is 2.27. The van der Waals surface area contributed by atoms with Crippen LogP contribution in [0.15, 0.2) is 0 Å². The highest BCUT2D eigenvalue weighted by atomic mass is 16.4. The molecule has 3 N–H and O–H groups in total. The van der Waals surface area contributed by atoms with Crippen molar-refractivity contribution in [3.05, 3.63) is 0 Å². The number of carbonyl (C=O) groups is 3. The van der Waals surface area contributed by atoms with E-state index >= 15 is 0 Å². The van der Waals surface area contributed by atoms with Crippen LogP contribution in [0.25, 0.3) is 0 Å². The lowest BCUT2D eigenvalue weighted by Gasteiger charge is -2.30. The fourth-order valence-corrected chi connectivity index (χ4v) is 3.93. The number of carboxylic acids is 1. The second-order valence-electron chi connectivity index (χ2n) is 7.31. The molecule has 0 spiro atoms. The molecule has 118 valence electrons. The van der Waals surface area contributed by atoms with Crippen LogP contribution in [0.5, 0.6) is 0 Å². The lowest BCUT2D eigenvalue weighted by atomic mass is 9.90. The first-order valence-electron chi connectivity index (χ1n) is 7.34.